The van der Waals surface area contributed by atoms with E-state index in [9.17, 15) is 9.59 Å². The third-order valence-electron chi connectivity index (χ3n) is 6.86. The summed E-state index contributed by atoms with van der Waals surface area (Å²) in [5.41, 5.74) is 6.00. The van der Waals surface area contributed by atoms with Crippen LogP contribution in [0.1, 0.15) is 39.3 Å². The summed E-state index contributed by atoms with van der Waals surface area (Å²) in [5, 5.41) is 0. The van der Waals surface area contributed by atoms with Crippen molar-refractivity contribution in [2.24, 2.45) is 11.8 Å². The molecule has 1 heterocycles. The number of rotatable bonds is 1. The average Bonchev–Trinajstić information content (AvgIpc) is 3.03. The molecule has 3 aliphatic carbocycles. The lowest BCUT2D eigenvalue weighted by atomic mass is 9.45. The van der Waals surface area contributed by atoms with Crippen LogP contribution in [0.5, 0.6) is 0 Å². The van der Waals surface area contributed by atoms with Crippen LogP contribution in [0, 0.1) is 18.8 Å². The van der Waals surface area contributed by atoms with Gasteiger partial charge in [0.15, 0.2) is 0 Å². The van der Waals surface area contributed by atoms with Crippen molar-refractivity contribution in [3.05, 3.63) is 106 Å². The van der Waals surface area contributed by atoms with Gasteiger partial charge < -0.3 is 4.74 Å². The standard InChI is InChI=1S/C25H18O3/c1-14-10-12-15(13-11-14)25-18-8-4-2-6-16(18)20(17-7-3-5-9-19(17)25)21-22(25)24(27)28-23(21)26/h2-13,20-22H,1H3. The summed E-state index contributed by atoms with van der Waals surface area (Å²) in [7, 11) is 0. The molecule has 4 aliphatic rings. The summed E-state index contributed by atoms with van der Waals surface area (Å²) in [6.07, 6.45) is 0. The molecule has 2 unspecified atom stereocenters. The van der Waals surface area contributed by atoms with Gasteiger partial charge in [0.1, 0.15) is 0 Å². The van der Waals surface area contributed by atoms with Gasteiger partial charge in [0, 0.05) is 5.92 Å². The molecule has 3 aromatic carbocycles. The van der Waals surface area contributed by atoms with Gasteiger partial charge in [0.2, 0.25) is 0 Å². The second-order valence-electron chi connectivity index (χ2n) is 8.07. The van der Waals surface area contributed by atoms with Crippen LogP contribution < -0.4 is 0 Å². The lowest BCUT2D eigenvalue weighted by Gasteiger charge is -2.54. The van der Waals surface area contributed by atoms with E-state index < -0.39 is 23.2 Å². The van der Waals surface area contributed by atoms with Gasteiger partial charge in [-0.15, -0.1) is 0 Å². The Bertz CT molecular complexity index is 1110. The predicted octanol–water partition coefficient (Wildman–Crippen LogP) is 4.10. The molecular formula is C25H18O3. The first-order valence-electron chi connectivity index (χ1n) is 9.65. The van der Waals surface area contributed by atoms with Gasteiger partial charge in [-0.25, -0.2) is 0 Å². The maximum absolute atomic E-state index is 13.0. The Morgan fingerprint density at radius 2 is 1.32 bits per heavy atom. The van der Waals surface area contributed by atoms with E-state index in [0.717, 1.165) is 33.4 Å². The van der Waals surface area contributed by atoms with Gasteiger partial charge in [0.05, 0.1) is 17.3 Å². The monoisotopic (exact) mass is 366 g/mol. The predicted molar refractivity (Wildman–Crippen MR) is 104 cm³/mol. The number of carbonyl (C=O) groups excluding carboxylic acids is 2. The second kappa shape index (κ2) is 5.20. The minimum Gasteiger partial charge on any atom is -0.393 e. The van der Waals surface area contributed by atoms with E-state index in [1.807, 2.05) is 24.3 Å². The summed E-state index contributed by atoms with van der Waals surface area (Å²) in [6, 6.07) is 24.9. The molecule has 136 valence electrons. The highest BCUT2D eigenvalue weighted by molar-refractivity contribution is 6.01. The van der Waals surface area contributed by atoms with Gasteiger partial charge in [-0.05, 0) is 34.7 Å². The number of ether oxygens (including phenoxy) is 1. The van der Waals surface area contributed by atoms with Crippen LogP contribution >= 0.6 is 0 Å². The molecule has 28 heavy (non-hydrogen) atoms. The summed E-state index contributed by atoms with van der Waals surface area (Å²) < 4.78 is 5.24. The van der Waals surface area contributed by atoms with Crippen molar-refractivity contribution < 1.29 is 14.3 Å². The van der Waals surface area contributed by atoms with Crippen LogP contribution in [0.15, 0.2) is 72.8 Å². The fourth-order valence-electron chi connectivity index (χ4n) is 5.88. The van der Waals surface area contributed by atoms with Crippen LogP contribution in [0.4, 0.5) is 0 Å². The molecule has 3 heteroatoms. The van der Waals surface area contributed by atoms with E-state index in [2.05, 4.69) is 55.5 Å². The Morgan fingerprint density at radius 1 is 0.750 bits per heavy atom. The Kier molecular flexibility index (Phi) is 2.94. The Balaban J connectivity index is 1.81. The third kappa shape index (κ3) is 1.66. The van der Waals surface area contributed by atoms with Crippen LogP contribution in [0.3, 0.4) is 0 Å². The molecule has 0 radical (unpaired) electrons. The lowest BCUT2D eigenvalue weighted by Crippen LogP contribution is -2.54. The fraction of sp³-hybridized carbons (Fsp3) is 0.200. The molecule has 1 aliphatic heterocycles. The molecule has 2 atom stereocenters. The zero-order valence-electron chi connectivity index (χ0n) is 15.4. The normalized spacial score (nSPS) is 29.1. The van der Waals surface area contributed by atoms with E-state index in [1.165, 1.54) is 0 Å². The van der Waals surface area contributed by atoms with Crippen molar-refractivity contribution in [1.82, 2.24) is 0 Å². The molecule has 0 aromatic heterocycles. The van der Waals surface area contributed by atoms with Gasteiger partial charge in [-0.3, -0.25) is 9.59 Å². The number of aryl methyl sites for hydroxylation is 1. The van der Waals surface area contributed by atoms with E-state index in [1.54, 1.807) is 0 Å². The second-order valence-corrected chi connectivity index (χ2v) is 8.07. The van der Waals surface area contributed by atoms with E-state index in [4.69, 9.17) is 4.74 Å². The van der Waals surface area contributed by atoms with Crippen LogP contribution in [-0.2, 0) is 19.7 Å². The molecule has 0 spiro atoms. The number of carbonyl (C=O) groups is 2. The Labute approximate surface area is 163 Å². The van der Waals surface area contributed by atoms with Crippen LogP contribution in [0.2, 0.25) is 0 Å². The van der Waals surface area contributed by atoms with Crippen molar-refractivity contribution in [2.75, 3.05) is 0 Å². The van der Waals surface area contributed by atoms with Crippen molar-refractivity contribution >= 4 is 11.9 Å². The lowest BCUT2D eigenvalue weighted by molar-refractivity contribution is -0.154. The number of cyclic esters (lactones) is 2. The molecule has 0 amide bonds. The highest BCUT2D eigenvalue weighted by Gasteiger charge is 2.68. The van der Waals surface area contributed by atoms with Crippen molar-refractivity contribution in [3.63, 3.8) is 0 Å². The maximum atomic E-state index is 13.0. The summed E-state index contributed by atoms with van der Waals surface area (Å²) in [5.74, 6) is -1.93. The molecule has 0 saturated carbocycles. The van der Waals surface area contributed by atoms with Crippen LogP contribution in [-0.4, -0.2) is 11.9 Å². The molecule has 2 bridgehead atoms. The number of hydrogen-bond donors (Lipinski definition) is 0. The van der Waals surface area contributed by atoms with E-state index in [0.29, 0.717) is 0 Å². The largest absolute Gasteiger partial charge is 0.393 e. The Morgan fingerprint density at radius 3 is 1.93 bits per heavy atom. The van der Waals surface area contributed by atoms with Gasteiger partial charge in [0.25, 0.3) is 0 Å². The van der Waals surface area contributed by atoms with Crippen LogP contribution in [0.25, 0.3) is 0 Å². The summed E-state index contributed by atoms with van der Waals surface area (Å²) >= 11 is 0. The molecule has 1 saturated heterocycles. The highest BCUT2D eigenvalue weighted by atomic mass is 16.6. The molecule has 1 fully saturated rings. The first-order chi connectivity index (χ1) is 13.6. The van der Waals surface area contributed by atoms with Gasteiger partial charge >= 0.3 is 11.9 Å². The summed E-state index contributed by atoms with van der Waals surface area (Å²) in [6.45, 7) is 2.05. The smallest absolute Gasteiger partial charge is 0.319 e. The maximum Gasteiger partial charge on any atom is 0.319 e. The van der Waals surface area contributed by atoms with Gasteiger partial charge in [-0.2, -0.15) is 0 Å². The SMILES string of the molecule is Cc1ccc(C23c4ccccc4C(c4ccccc42)C2C(=O)OC(=O)C23)cc1. The van der Waals surface area contributed by atoms with Crippen molar-refractivity contribution in [3.8, 4) is 0 Å². The molecule has 7 rings (SSSR count). The molecule has 3 nitrogen and oxygen atoms in total. The first kappa shape index (κ1) is 15.8. The molecule has 0 N–H and O–H groups in total. The van der Waals surface area contributed by atoms with Gasteiger partial charge in [-0.1, -0.05) is 78.4 Å². The van der Waals surface area contributed by atoms with Crippen molar-refractivity contribution in [2.45, 2.75) is 18.3 Å². The summed E-state index contributed by atoms with van der Waals surface area (Å²) in [4.78, 5) is 25.8. The first-order valence-corrected chi connectivity index (χ1v) is 9.65. The quantitative estimate of drug-likeness (QED) is 0.481. The minimum atomic E-state index is -0.705. The Hall–Kier alpha value is -3.20. The van der Waals surface area contributed by atoms with E-state index in [-0.39, 0.29) is 11.9 Å². The molecular weight excluding hydrogens is 348 g/mol. The molecule has 3 aromatic rings. The zero-order valence-corrected chi connectivity index (χ0v) is 15.4. The zero-order chi connectivity index (χ0) is 19.0. The van der Waals surface area contributed by atoms with Crippen molar-refractivity contribution in [1.29, 1.82) is 0 Å². The average molecular weight is 366 g/mol. The fourth-order valence-corrected chi connectivity index (χ4v) is 5.88. The number of hydrogen-bond acceptors (Lipinski definition) is 3. The highest BCUT2D eigenvalue weighted by Crippen LogP contribution is 2.65. The number of esters is 2. The minimum absolute atomic E-state index is 0.135. The van der Waals surface area contributed by atoms with E-state index >= 15 is 0 Å². The number of benzene rings is 3. The third-order valence-corrected chi connectivity index (χ3v) is 6.86. The topological polar surface area (TPSA) is 43.4 Å².